The molecule has 2 aromatic rings. The first-order valence-electron chi connectivity index (χ1n) is 7.97. The van der Waals surface area contributed by atoms with E-state index < -0.39 is 0 Å². The van der Waals surface area contributed by atoms with Crippen molar-refractivity contribution in [1.29, 1.82) is 0 Å². The average molecular weight is 294 g/mol. The van der Waals surface area contributed by atoms with Crippen molar-refractivity contribution < 1.29 is 4.58 Å². The lowest BCUT2D eigenvalue weighted by molar-refractivity contribution is -0.544. The van der Waals surface area contributed by atoms with Gasteiger partial charge in [-0.25, -0.2) is 4.90 Å². The second-order valence-corrected chi connectivity index (χ2v) is 6.20. The summed E-state index contributed by atoms with van der Waals surface area (Å²) in [4.78, 5) is 6.84. The van der Waals surface area contributed by atoms with E-state index in [2.05, 4.69) is 65.8 Å². The lowest BCUT2D eigenvalue weighted by Crippen LogP contribution is -2.37. The van der Waals surface area contributed by atoms with Crippen molar-refractivity contribution in [3.8, 4) is 0 Å². The summed E-state index contributed by atoms with van der Waals surface area (Å²) < 4.78 is 2.37. The van der Waals surface area contributed by atoms with Crippen LogP contribution in [0.15, 0.2) is 36.5 Å². The van der Waals surface area contributed by atoms with Gasteiger partial charge in [0.1, 0.15) is 12.2 Å². The van der Waals surface area contributed by atoms with Crippen LogP contribution in [0.2, 0.25) is 0 Å². The molecule has 0 saturated heterocycles. The predicted octanol–water partition coefficient (Wildman–Crippen LogP) is 3.46. The summed E-state index contributed by atoms with van der Waals surface area (Å²) in [6.07, 6.45) is 5.31. The molecule has 1 aliphatic rings. The Bertz CT molecular complexity index is 666. The number of rotatable bonds is 3. The molecule has 0 radical (unpaired) electrons. The summed E-state index contributed by atoms with van der Waals surface area (Å²) in [6, 6.07) is 10.7. The highest BCUT2D eigenvalue weighted by Crippen LogP contribution is 2.26. The highest BCUT2D eigenvalue weighted by atomic mass is 15.2. The standard InChI is InChI=1S/C19H24N3/c1-15-11-16(2)19(17(3)12-15)22-10-6-9-21(14-22)13-18-7-4-5-8-20-18/h4-5,7-8,11-12,14H,6,9-10,13H2,1-3H3/q+1. The van der Waals surface area contributed by atoms with Gasteiger partial charge in [0.15, 0.2) is 0 Å². The predicted molar refractivity (Wildman–Crippen MR) is 91.7 cm³/mol. The van der Waals surface area contributed by atoms with Crippen LogP contribution in [0, 0.1) is 20.8 Å². The van der Waals surface area contributed by atoms with Crippen LogP contribution in [0.4, 0.5) is 5.69 Å². The molecule has 1 aliphatic heterocycles. The Kier molecular flexibility index (Phi) is 4.23. The lowest BCUT2D eigenvalue weighted by atomic mass is 10.0. The van der Waals surface area contributed by atoms with Gasteiger partial charge in [0.05, 0.1) is 18.8 Å². The molecule has 3 rings (SSSR count). The first kappa shape index (κ1) is 14.8. The smallest absolute Gasteiger partial charge is 0.239 e. The van der Waals surface area contributed by atoms with Crippen molar-refractivity contribution >= 4 is 12.0 Å². The highest BCUT2D eigenvalue weighted by Gasteiger charge is 2.22. The van der Waals surface area contributed by atoms with Crippen LogP contribution >= 0.6 is 0 Å². The van der Waals surface area contributed by atoms with Crippen LogP contribution < -0.4 is 4.90 Å². The van der Waals surface area contributed by atoms with Gasteiger partial charge in [0.2, 0.25) is 6.34 Å². The van der Waals surface area contributed by atoms with Gasteiger partial charge in [-0.3, -0.25) is 9.56 Å². The molecular formula is C19H24N3+. The minimum atomic E-state index is 0.876. The normalized spacial score (nSPS) is 14.9. The summed E-state index contributed by atoms with van der Waals surface area (Å²) in [5.41, 5.74) is 6.53. The lowest BCUT2D eigenvalue weighted by Gasteiger charge is -2.23. The Labute approximate surface area is 132 Å². The molecule has 3 heteroatoms. The SMILES string of the molecule is Cc1cc(C)c(N2C=[N+](Cc3ccccn3)CCC2)c(C)c1. The molecule has 0 atom stereocenters. The van der Waals surface area contributed by atoms with Crippen LogP contribution in [0.1, 0.15) is 28.8 Å². The van der Waals surface area contributed by atoms with E-state index in [1.165, 1.54) is 28.8 Å². The zero-order chi connectivity index (χ0) is 15.5. The molecule has 114 valence electrons. The van der Waals surface area contributed by atoms with Gasteiger partial charge in [0.25, 0.3) is 0 Å². The van der Waals surface area contributed by atoms with Crippen molar-refractivity contribution in [2.24, 2.45) is 0 Å². The maximum Gasteiger partial charge on any atom is 0.239 e. The number of anilines is 1. The Morgan fingerprint density at radius 3 is 2.59 bits per heavy atom. The average Bonchev–Trinajstić information content (AvgIpc) is 2.47. The number of nitrogens with zero attached hydrogens (tertiary/aromatic N) is 3. The van der Waals surface area contributed by atoms with Crippen molar-refractivity contribution in [1.82, 2.24) is 4.98 Å². The van der Waals surface area contributed by atoms with E-state index in [1.54, 1.807) is 0 Å². The Morgan fingerprint density at radius 2 is 1.91 bits per heavy atom. The van der Waals surface area contributed by atoms with Crippen LogP contribution in [0.25, 0.3) is 0 Å². The fraction of sp³-hybridized carbons (Fsp3) is 0.368. The molecule has 22 heavy (non-hydrogen) atoms. The molecule has 0 saturated carbocycles. The van der Waals surface area contributed by atoms with Gasteiger partial charge < -0.3 is 0 Å². The second kappa shape index (κ2) is 6.30. The molecule has 3 nitrogen and oxygen atoms in total. The Hall–Kier alpha value is -2.16. The van der Waals surface area contributed by atoms with E-state index in [9.17, 15) is 0 Å². The first-order valence-corrected chi connectivity index (χ1v) is 7.97. The summed E-state index contributed by atoms with van der Waals surface area (Å²) in [6.45, 7) is 9.64. The number of aryl methyl sites for hydroxylation is 3. The molecule has 0 amide bonds. The van der Waals surface area contributed by atoms with E-state index in [0.29, 0.717) is 0 Å². The number of hydrogen-bond acceptors (Lipinski definition) is 2. The number of aromatic nitrogens is 1. The van der Waals surface area contributed by atoms with Crippen molar-refractivity contribution in [2.75, 3.05) is 18.0 Å². The summed E-state index contributed by atoms with van der Waals surface area (Å²) in [5.74, 6) is 0. The summed E-state index contributed by atoms with van der Waals surface area (Å²) in [7, 11) is 0. The van der Waals surface area contributed by atoms with Gasteiger partial charge in [-0.15, -0.1) is 0 Å². The fourth-order valence-electron chi connectivity index (χ4n) is 3.37. The van der Waals surface area contributed by atoms with Crippen LogP contribution in [-0.2, 0) is 6.54 Å². The van der Waals surface area contributed by atoms with Crippen LogP contribution in [0.5, 0.6) is 0 Å². The molecule has 2 heterocycles. The van der Waals surface area contributed by atoms with Gasteiger partial charge in [-0.1, -0.05) is 23.8 Å². The fourth-order valence-corrected chi connectivity index (χ4v) is 3.37. The molecule has 1 aromatic heterocycles. The first-order chi connectivity index (χ1) is 10.6. The van der Waals surface area contributed by atoms with E-state index in [4.69, 9.17) is 0 Å². The third kappa shape index (κ3) is 3.19. The van der Waals surface area contributed by atoms with Crippen molar-refractivity contribution in [2.45, 2.75) is 33.7 Å². The van der Waals surface area contributed by atoms with E-state index in [0.717, 1.165) is 25.3 Å². The van der Waals surface area contributed by atoms with Gasteiger partial charge >= 0.3 is 0 Å². The van der Waals surface area contributed by atoms with Gasteiger partial charge in [-0.2, -0.15) is 0 Å². The Morgan fingerprint density at radius 1 is 1.14 bits per heavy atom. The quantitative estimate of drug-likeness (QED) is 0.808. The minimum absolute atomic E-state index is 0.876. The zero-order valence-electron chi connectivity index (χ0n) is 13.7. The number of hydrogen-bond donors (Lipinski definition) is 0. The third-order valence-electron chi connectivity index (χ3n) is 4.16. The van der Waals surface area contributed by atoms with Crippen molar-refractivity contribution in [3.63, 3.8) is 0 Å². The molecule has 0 fully saturated rings. The molecule has 0 bridgehead atoms. The molecule has 0 unspecified atom stereocenters. The van der Waals surface area contributed by atoms with E-state index in [-0.39, 0.29) is 0 Å². The van der Waals surface area contributed by atoms with Crippen molar-refractivity contribution in [3.05, 3.63) is 58.9 Å². The Balaban J connectivity index is 1.87. The van der Waals surface area contributed by atoms with Crippen LogP contribution in [0.3, 0.4) is 0 Å². The summed E-state index contributed by atoms with van der Waals surface area (Å²) in [5, 5.41) is 0. The largest absolute Gasteiger partial charge is 0.262 e. The minimum Gasteiger partial charge on any atom is -0.262 e. The van der Waals surface area contributed by atoms with E-state index in [1.807, 2.05) is 12.3 Å². The number of benzene rings is 1. The molecule has 0 aliphatic carbocycles. The number of pyridine rings is 1. The summed E-state index contributed by atoms with van der Waals surface area (Å²) >= 11 is 0. The topological polar surface area (TPSA) is 19.1 Å². The van der Waals surface area contributed by atoms with Gasteiger partial charge in [0, 0.05) is 12.6 Å². The molecule has 1 aromatic carbocycles. The van der Waals surface area contributed by atoms with E-state index >= 15 is 0 Å². The molecule has 0 spiro atoms. The monoisotopic (exact) mass is 294 g/mol. The maximum absolute atomic E-state index is 4.44. The zero-order valence-corrected chi connectivity index (χ0v) is 13.7. The molecular weight excluding hydrogens is 270 g/mol. The highest BCUT2D eigenvalue weighted by molar-refractivity contribution is 5.80. The van der Waals surface area contributed by atoms with Crippen LogP contribution in [-0.4, -0.2) is 29.0 Å². The second-order valence-electron chi connectivity index (χ2n) is 6.20. The molecule has 0 N–H and O–H groups in total. The third-order valence-corrected chi connectivity index (χ3v) is 4.16. The maximum atomic E-state index is 4.44. The van der Waals surface area contributed by atoms with Gasteiger partial charge in [-0.05, 0) is 44.0 Å².